The lowest BCUT2D eigenvalue weighted by Gasteiger charge is -2.37. The molecule has 1 N–H and O–H groups in total. The van der Waals surface area contributed by atoms with Crippen molar-refractivity contribution in [1.29, 1.82) is 0 Å². The van der Waals surface area contributed by atoms with Crippen molar-refractivity contribution in [1.82, 2.24) is 4.90 Å². The first-order valence-electron chi connectivity index (χ1n) is 6.89. The van der Waals surface area contributed by atoms with Crippen LogP contribution >= 0.6 is 0 Å². The third-order valence-electron chi connectivity index (χ3n) is 3.44. The van der Waals surface area contributed by atoms with Crippen molar-refractivity contribution >= 4 is 5.97 Å². The van der Waals surface area contributed by atoms with Crippen LogP contribution in [0.2, 0.25) is 0 Å². The van der Waals surface area contributed by atoms with Gasteiger partial charge in [0.15, 0.2) is 0 Å². The van der Waals surface area contributed by atoms with Crippen molar-refractivity contribution < 1.29 is 19.0 Å². The molecule has 5 heteroatoms. The normalized spacial score (nSPS) is 23.7. The number of hydrogen-bond donors (Lipinski definition) is 1. The quantitative estimate of drug-likeness (QED) is 0.900. The van der Waals surface area contributed by atoms with E-state index in [0.29, 0.717) is 6.42 Å². The summed E-state index contributed by atoms with van der Waals surface area (Å²) in [6.45, 7) is 4.27. The third-order valence-corrected chi connectivity index (χ3v) is 3.44. The SMILES string of the molecule is C[C@@H]1CN(CCCC(=O)O)C[C@H](c2ccc(F)cc2)O1. The minimum Gasteiger partial charge on any atom is -0.481 e. The van der Waals surface area contributed by atoms with E-state index in [2.05, 4.69) is 4.90 Å². The monoisotopic (exact) mass is 281 g/mol. The summed E-state index contributed by atoms with van der Waals surface area (Å²) in [7, 11) is 0. The van der Waals surface area contributed by atoms with Crippen LogP contribution in [-0.2, 0) is 9.53 Å². The number of carbonyl (C=O) groups is 1. The Labute approximate surface area is 118 Å². The van der Waals surface area contributed by atoms with Crippen LogP contribution in [0, 0.1) is 5.82 Å². The number of nitrogens with zero attached hydrogens (tertiary/aromatic N) is 1. The Kier molecular flexibility index (Phi) is 5.09. The van der Waals surface area contributed by atoms with Crippen molar-refractivity contribution in [3.63, 3.8) is 0 Å². The highest BCUT2D eigenvalue weighted by molar-refractivity contribution is 5.66. The molecule has 1 fully saturated rings. The van der Waals surface area contributed by atoms with E-state index >= 15 is 0 Å². The summed E-state index contributed by atoms with van der Waals surface area (Å²) in [5, 5.41) is 8.67. The molecule has 20 heavy (non-hydrogen) atoms. The van der Waals surface area contributed by atoms with Crippen LogP contribution in [0.15, 0.2) is 24.3 Å². The molecule has 0 spiro atoms. The number of aliphatic carboxylic acids is 1. The van der Waals surface area contributed by atoms with E-state index in [0.717, 1.165) is 25.2 Å². The summed E-state index contributed by atoms with van der Waals surface area (Å²) in [6.07, 6.45) is 0.832. The molecule has 0 saturated carbocycles. The first-order chi connectivity index (χ1) is 9.54. The van der Waals surface area contributed by atoms with Crippen LogP contribution in [0.3, 0.4) is 0 Å². The molecule has 0 aliphatic carbocycles. The lowest BCUT2D eigenvalue weighted by molar-refractivity contribution is -0.137. The minimum atomic E-state index is -0.763. The molecule has 0 amide bonds. The van der Waals surface area contributed by atoms with Gasteiger partial charge < -0.3 is 9.84 Å². The highest BCUT2D eigenvalue weighted by Crippen LogP contribution is 2.25. The average Bonchev–Trinajstić information content (AvgIpc) is 2.38. The molecule has 1 aliphatic heterocycles. The van der Waals surface area contributed by atoms with Gasteiger partial charge in [0.05, 0.1) is 12.2 Å². The van der Waals surface area contributed by atoms with Crippen LogP contribution in [-0.4, -0.2) is 41.7 Å². The predicted molar refractivity (Wildman–Crippen MR) is 73.0 cm³/mol. The van der Waals surface area contributed by atoms with Gasteiger partial charge in [0, 0.05) is 19.5 Å². The van der Waals surface area contributed by atoms with Gasteiger partial charge in [-0.3, -0.25) is 9.69 Å². The number of hydrogen-bond acceptors (Lipinski definition) is 3. The summed E-state index contributed by atoms with van der Waals surface area (Å²) in [5.41, 5.74) is 0.959. The average molecular weight is 281 g/mol. The van der Waals surface area contributed by atoms with Crippen LogP contribution < -0.4 is 0 Å². The third kappa shape index (κ3) is 4.28. The fraction of sp³-hybridized carbons (Fsp3) is 0.533. The number of halogens is 1. The van der Waals surface area contributed by atoms with Crippen molar-refractivity contribution in [3.8, 4) is 0 Å². The zero-order valence-electron chi connectivity index (χ0n) is 11.6. The number of morpholine rings is 1. The predicted octanol–water partition coefficient (Wildman–Crippen LogP) is 2.45. The second-order valence-electron chi connectivity index (χ2n) is 5.24. The Bertz CT molecular complexity index is 449. The number of carboxylic acid groups (broad SMARTS) is 1. The van der Waals surface area contributed by atoms with E-state index in [9.17, 15) is 9.18 Å². The molecule has 1 aliphatic rings. The molecule has 2 rings (SSSR count). The highest BCUT2D eigenvalue weighted by atomic mass is 19.1. The molecule has 0 aromatic heterocycles. The van der Waals surface area contributed by atoms with Crippen LogP contribution in [0.25, 0.3) is 0 Å². The van der Waals surface area contributed by atoms with E-state index in [1.54, 1.807) is 12.1 Å². The summed E-state index contributed by atoms with van der Waals surface area (Å²) >= 11 is 0. The standard InChI is InChI=1S/C15H20FNO3/c1-11-9-17(8-2-3-15(18)19)10-14(20-11)12-4-6-13(16)7-5-12/h4-7,11,14H,2-3,8-10H2,1H3,(H,18,19)/t11-,14-/m1/s1. The molecule has 110 valence electrons. The van der Waals surface area contributed by atoms with Gasteiger partial charge in [-0.15, -0.1) is 0 Å². The zero-order chi connectivity index (χ0) is 14.5. The Morgan fingerprint density at radius 1 is 1.40 bits per heavy atom. The van der Waals surface area contributed by atoms with E-state index in [1.165, 1.54) is 12.1 Å². The first kappa shape index (κ1) is 14.9. The van der Waals surface area contributed by atoms with Gasteiger partial charge in [-0.1, -0.05) is 12.1 Å². The fourth-order valence-corrected chi connectivity index (χ4v) is 2.54. The lowest BCUT2D eigenvalue weighted by atomic mass is 10.1. The van der Waals surface area contributed by atoms with E-state index in [4.69, 9.17) is 9.84 Å². The van der Waals surface area contributed by atoms with Gasteiger partial charge in [0.2, 0.25) is 0 Å². The summed E-state index contributed by atoms with van der Waals surface area (Å²) in [6, 6.07) is 6.36. The first-order valence-corrected chi connectivity index (χ1v) is 6.89. The molecule has 1 saturated heterocycles. The summed E-state index contributed by atoms with van der Waals surface area (Å²) < 4.78 is 18.8. The van der Waals surface area contributed by atoms with Gasteiger partial charge in [0.1, 0.15) is 5.82 Å². The van der Waals surface area contributed by atoms with Crippen molar-refractivity contribution in [2.75, 3.05) is 19.6 Å². The van der Waals surface area contributed by atoms with Crippen molar-refractivity contribution in [2.24, 2.45) is 0 Å². The van der Waals surface area contributed by atoms with Crippen molar-refractivity contribution in [3.05, 3.63) is 35.6 Å². The molecule has 0 radical (unpaired) electrons. The second-order valence-corrected chi connectivity index (χ2v) is 5.24. The second kappa shape index (κ2) is 6.81. The van der Waals surface area contributed by atoms with Gasteiger partial charge >= 0.3 is 5.97 Å². The molecule has 1 aromatic rings. The van der Waals surface area contributed by atoms with Crippen molar-refractivity contribution in [2.45, 2.75) is 32.0 Å². The van der Waals surface area contributed by atoms with Crippen LogP contribution in [0.4, 0.5) is 4.39 Å². The molecule has 2 atom stereocenters. The highest BCUT2D eigenvalue weighted by Gasteiger charge is 2.26. The van der Waals surface area contributed by atoms with E-state index in [1.807, 2.05) is 6.92 Å². The van der Waals surface area contributed by atoms with Gasteiger partial charge in [-0.25, -0.2) is 4.39 Å². The Hall–Kier alpha value is -1.46. The lowest BCUT2D eigenvalue weighted by Crippen LogP contribution is -2.43. The Morgan fingerprint density at radius 3 is 2.75 bits per heavy atom. The van der Waals surface area contributed by atoms with Crippen LogP contribution in [0.5, 0.6) is 0 Å². The molecular formula is C15H20FNO3. The molecule has 0 unspecified atom stereocenters. The summed E-state index contributed by atoms with van der Waals surface area (Å²) in [5.74, 6) is -1.02. The van der Waals surface area contributed by atoms with Crippen LogP contribution in [0.1, 0.15) is 31.4 Å². The number of rotatable bonds is 5. The number of carboxylic acids is 1. The number of ether oxygens (including phenoxy) is 1. The zero-order valence-corrected chi connectivity index (χ0v) is 11.6. The largest absolute Gasteiger partial charge is 0.481 e. The molecule has 1 heterocycles. The fourth-order valence-electron chi connectivity index (χ4n) is 2.54. The molecular weight excluding hydrogens is 261 g/mol. The topological polar surface area (TPSA) is 49.8 Å². The maximum Gasteiger partial charge on any atom is 0.303 e. The van der Waals surface area contributed by atoms with Gasteiger partial charge in [0.25, 0.3) is 0 Å². The van der Waals surface area contributed by atoms with Gasteiger partial charge in [-0.2, -0.15) is 0 Å². The number of benzene rings is 1. The maximum absolute atomic E-state index is 12.9. The molecule has 4 nitrogen and oxygen atoms in total. The molecule has 0 bridgehead atoms. The summed E-state index contributed by atoms with van der Waals surface area (Å²) in [4.78, 5) is 12.8. The van der Waals surface area contributed by atoms with E-state index in [-0.39, 0.29) is 24.4 Å². The van der Waals surface area contributed by atoms with Gasteiger partial charge in [-0.05, 0) is 37.6 Å². The molecule has 1 aromatic carbocycles. The minimum absolute atomic E-state index is 0.0795. The Balaban J connectivity index is 1.93. The van der Waals surface area contributed by atoms with E-state index < -0.39 is 5.97 Å². The maximum atomic E-state index is 12.9. The smallest absolute Gasteiger partial charge is 0.303 e. The Morgan fingerprint density at radius 2 is 2.10 bits per heavy atom.